The van der Waals surface area contributed by atoms with Crippen molar-refractivity contribution in [2.45, 2.75) is 51.5 Å². The quantitative estimate of drug-likeness (QED) is 0.643. The second-order valence-electron chi connectivity index (χ2n) is 9.27. The number of nitrogens with zero attached hydrogens (tertiary/aromatic N) is 1. The van der Waals surface area contributed by atoms with E-state index in [4.69, 9.17) is 4.42 Å². The smallest absolute Gasteiger partial charge is 0.231 e. The summed E-state index contributed by atoms with van der Waals surface area (Å²) in [4.78, 5) is 27.5. The first-order chi connectivity index (χ1) is 15.3. The highest BCUT2D eigenvalue weighted by atomic mass is 16.3. The Balaban J connectivity index is 1.48. The normalized spacial score (nSPS) is 17.2. The number of furan rings is 1. The maximum atomic E-state index is 13.7. The highest BCUT2D eigenvalue weighted by Crippen LogP contribution is 2.50. The number of fused-ring (bicyclic) bond motifs is 1. The second-order valence-corrected chi connectivity index (χ2v) is 9.27. The van der Waals surface area contributed by atoms with Crippen LogP contribution in [0.25, 0.3) is 0 Å². The Hall–Kier alpha value is -3.34. The zero-order chi connectivity index (χ0) is 22.6. The number of benzene rings is 2. The van der Waals surface area contributed by atoms with Gasteiger partial charge in [-0.3, -0.25) is 9.59 Å². The van der Waals surface area contributed by atoms with Crippen LogP contribution in [0, 0.1) is 20.8 Å². The van der Waals surface area contributed by atoms with E-state index in [9.17, 15) is 9.59 Å². The number of carbonyl (C=O) groups excluding carboxylic acids is 2. The van der Waals surface area contributed by atoms with Crippen LogP contribution >= 0.6 is 0 Å². The predicted octanol–water partition coefficient (Wildman–Crippen LogP) is 4.66. The van der Waals surface area contributed by atoms with Crippen molar-refractivity contribution in [2.24, 2.45) is 0 Å². The average molecular weight is 429 g/mol. The molecule has 2 amide bonds. The van der Waals surface area contributed by atoms with E-state index in [2.05, 4.69) is 37.4 Å². The van der Waals surface area contributed by atoms with E-state index in [1.165, 1.54) is 5.56 Å². The first-order valence-corrected chi connectivity index (χ1v) is 11.1. The molecule has 32 heavy (non-hydrogen) atoms. The first kappa shape index (κ1) is 20.6. The van der Waals surface area contributed by atoms with Crippen molar-refractivity contribution in [1.29, 1.82) is 0 Å². The van der Waals surface area contributed by atoms with E-state index in [0.29, 0.717) is 6.42 Å². The molecule has 1 aliphatic carbocycles. The highest BCUT2D eigenvalue weighted by molar-refractivity contribution is 6.01. The maximum Gasteiger partial charge on any atom is 0.231 e. The molecule has 1 unspecified atom stereocenters. The van der Waals surface area contributed by atoms with Crippen molar-refractivity contribution in [3.05, 3.63) is 87.9 Å². The van der Waals surface area contributed by atoms with Crippen LogP contribution in [-0.4, -0.2) is 18.9 Å². The van der Waals surface area contributed by atoms with Crippen molar-refractivity contribution < 1.29 is 14.0 Å². The van der Waals surface area contributed by atoms with Crippen molar-refractivity contribution in [2.75, 3.05) is 11.9 Å². The molecule has 0 radical (unpaired) electrons. The van der Waals surface area contributed by atoms with Gasteiger partial charge in [0, 0.05) is 12.7 Å². The maximum absolute atomic E-state index is 13.7. The molecule has 5 heteroatoms. The Morgan fingerprint density at radius 3 is 2.50 bits per heavy atom. The Kier molecular flexibility index (Phi) is 4.73. The molecule has 3 aromatic rings. The number of likely N-dealkylation sites (N-methyl/N-ethyl adjacent to an activating group) is 1. The SMILES string of the molecule is Cc1ccc(C(NC(=O)C2(c3ccc4c(c3)CC(=O)N4C)CC2)c2ccc(C)o2)c(C)c1. The minimum atomic E-state index is -0.544. The van der Waals surface area contributed by atoms with Gasteiger partial charge in [-0.15, -0.1) is 0 Å². The fourth-order valence-corrected chi connectivity index (χ4v) is 4.87. The molecule has 2 heterocycles. The van der Waals surface area contributed by atoms with Crippen LogP contribution in [0.5, 0.6) is 0 Å². The van der Waals surface area contributed by atoms with E-state index < -0.39 is 5.41 Å². The van der Waals surface area contributed by atoms with Crippen molar-refractivity contribution in [3.8, 4) is 0 Å². The van der Waals surface area contributed by atoms with Gasteiger partial charge in [0.05, 0.1) is 11.8 Å². The summed E-state index contributed by atoms with van der Waals surface area (Å²) in [5.74, 6) is 1.65. The summed E-state index contributed by atoms with van der Waals surface area (Å²) in [7, 11) is 1.80. The summed E-state index contributed by atoms with van der Waals surface area (Å²) in [6.45, 7) is 6.05. The first-order valence-electron chi connectivity index (χ1n) is 11.1. The molecule has 0 saturated heterocycles. The summed E-state index contributed by atoms with van der Waals surface area (Å²) in [6, 6.07) is 15.8. The van der Waals surface area contributed by atoms with Crippen LogP contribution in [-0.2, 0) is 21.4 Å². The Bertz CT molecular complexity index is 1240. The van der Waals surface area contributed by atoms with Crippen molar-refractivity contribution in [1.82, 2.24) is 5.32 Å². The van der Waals surface area contributed by atoms with Crippen LogP contribution in [0.2, 0.25) is 0 Å². The van der Waals surface area contributed by atoms with Crippen LogP contribution in [0.1, 0.15) is 58.2 Å². The molecule has 1 atom stereocenters. The second kappa shape index (κ2) is 7.37. The largest absolute Gasteiger partial charge is 0.464 e. The van der Waals surface area contributed by atoms with Crippen LogP contribution < -0.4 is 10.2 Å². The number of hydrogen-bond donors (Lipinski definition) is 1. The molecule has 1 saturated carbocycles. The topological polar surface area (TPSA) is 62.6 Å². The van der Waals surface area contributed by atoms with Gasteiger partial charge < -0.3 is 14.6 Å². The van der Waals surface area contributed by atoms with Crippen molar-refractivity contribution >= 4 is 17.5 Å². The number of rotatable bonds is 5. The van der Waals surface area contributed by atoms with Gasteiger partial charge in [-0.1, -0.05) is 35.9 Å². The molecule has 2 aromatic carbocycles. The summed E-state index contributed by atoms with van der Waals surface area (Å²) < 4.78 is 5.95. The van der Waals surface area contributed by atoms with Gasteiger partial charge in [-0.25, -0.2) is 0 Å². The van der Waals surface area contributed by atoms with Crippen LogP contribution in [0.3, 0.4) is 0 Å². The third-order valence-corrected chi connectivity index (χ3v) is 6.95. The lowest BCUT2D eigenvalue weighted by Gasteiger charge is -2.24. The summed E-state index contributed by atoms with van der Waals surface area (Å²) in [6.07, 6.45) is 2.00. The van der Waals surface area contributed by atoms with Gasteiger partial charge >= 0.3 is 0 Å². The summed E-state index contributed by atoms with van der Waals surface area (Å²) in [5.41, 5.74) is 5.73. The van der Waals surface area contributed by atoms with Crippen molar-refractivity contribution in [3.63, 3.8) is 0 Å². The Labute approximate surface area is 188 Å². The van der Waals surface area contributed by atoms with Gasteiger partial charge in [0.2, 0.25) is 11.8 Å². The lowest BCUT2D eigenvalue weighted by Crippen LogP contribution is -2.38. The molecule has 0 spiro atoms. The van der Waals surface area contributed by atoms with Crippen LogP contribution in [0.4, 0.5) is 5.69 Å². The number of aryl methyl sites for hydroxylation is 3. The molecule has 1 aromatic heterocycles. The van der Waals surface area contributed by atoms with E-state index in [-0.39, 0.29) is 17.9 Å². The number of amides is 2. The fourth-order valence-electron chi connectivity index (χ4n) is 4.87. The molecular formula is C27H28N2O3. The van der Waals surface area contributed by atoms with E-state index >= 15 is 0 Å². The summed E-state index contributed by atoms with van der Waals surface area (Å²) >= 11 is 0. The van der Waals surface area contributed by atoms with E-state index in [1.807, 2.05) is 37.3 Å². The lowest BCUT2D eigenvalue weighted by atomic mass is 9.91. The number of carbonyl (C=O) groups is 2. The highest BCUT2D eigenvalue weighted by Gasteiger charge is 2.52. The average Bonchev–Trinajstić information content (AvgIpc) is 3.39. The van der Waals surface area contributed by atoms with E-state index in [0.717, 1.165) is 52.3 Å². The minimum absolute atomic E-state index is 0.00848. The molecule has 1 N–H and O–H groups in total. The van der Waals surface area contributed by atoms with Gasteiger partial charge in [0.25, 0.3) is 0 Å². The van der Waals surface area contributed by atoms with Gasteiger partial charge in [-0.2, -0.15) is 0 Å². The predicted molar refractivity (Wildman–Crippen MR) is 124 cm³/mol. The third kappa shape index (κ3) is 3.32. The zero-order valence-electron chi connectivity index (χ0n) is 19.0. The standard InChI is InChI=1S/C27H28N2O3/c1-16-5-8-21(17(2)13-16)25(23-10-6-18(3)32-23)28-26(31)27(11-12-27)20-7-9-22-19(14-20)15-24(30)29(22)4/h5-10,13-14,25H,11-12,15H2,1-4H3,(H,28,31). The fraction of sp³-hybridized carbons (Fsp3) is 0.333. The lowest BCUT2D eigenvalue weighted by molar-refractivity contribution is -0.124. The molecule has 1 fully saturated rings. The van der Waals surface area contributed by atoms with Gasteiger partial charge in [0.15, 0.2) is 0 Å². The monoisotopic (exact) mass is 428 g/mol. The Morgan fingerprint density at radius 2 is 1.84 bits per heavy atom. The Morgan fingerprint density at radius 1 is 1.06 bits per heavy atom. The molecular weight excluding hydrogens is 400 g/mol. The number of hydrogen-bond acceptors (Lipinski definition) is 3. The zero-order valence-corrected chi connectivity index (χ0v) is 19.0. The number of anilines is 1. The third-order valence-electron chi connectivity index (χ3n) is 6.95. The van der Waals surface area contributed by atoms with E-state index in [1.54, 1.807) is 11.9 Å². The summed E-state index contributed by atoms with van der Waals surface area (Å²) in [5, 5.41) is 3.30. The minimum Gasteiger partial charge on any atom is -0.464 e. The number of nitrogens with one attached hydrogen (secondary N) is 1. The van der Waals surface area contributed by atoms with Gasteiger partial charge in [0.1, 0.15) is 17.6 Å². The molecule has 5 nitrogen and oxygen atoms in total. The molecule has 1 aliphatic heterocycles. The van der Waals surface area contributed by atoms with Crippen LogP contribution in [0.15, 0.2) is 52.9 Å². The molecule has 0 bridgehead atoms. The molecule has 164 valence electrons. The molecule has 2 aliphatic rings. The van der Waals surface area contributed by atoms with Gasteiger partial charge in [-0.05, 0) is 74.1 Å². The molecule has 5 rings (SSSR count).